The number of benzene rings is 1. The predicted molar refractivity (Wildman–Crippen MR) is 90.1 cm³/mol. The molecule has 2 bridgehead atoms. The van der Waals surface area contributed by atoms with Crippen molar-refractivity contribution >= 4 is 10.9 Å². The third-order valence-electron chi connectivity index (χ3n) is 5.60. The standard InChI is InChI=1S/C19H22N2O2/c1-2-12-11-21-8-6-13(12)9-18(21)19(23)15-5-7-20-17-4-3-14(22)10-16(15)17/h2-5,7,10,12-13,18-19,22-23H,1,6,8-9,11H2/t12?,13?,18?,19-/m1/s1. The maximum atomic E-state index is 11.0. The van der Waals surface area contributed by atoms with Crippen LogP contribution >= 0.6 is 0 Å². The van der Waals surface area contributed by atoms with Gasteiger partial charge in [0, 0.05) is 24.2 Å². The molecule has 4 unspecified atom stereocenters. The molecule has 0 aliphatic carbocycles. The smallest absolute Gasteiger partial charge is 0.116 e. The molecule has 0 saturated carbocycles. The predicted octanol–water partition coefficient (Wildman–Crippen LogP) is 2.87. The summed E-state index contributed by atoms with van der Waals surface area (Å²) in [5.74, 6) is 1.38. The van der Waals surface area contributed by atoms with Gasteiger partial charge in [0.2, 0.25) is 0 Å². The number of aliphatic hydroxyl groups is 1. The molecule has 23 heavy (non-hydrogen) atoms. The van der Waals surface area contributed by atoms with E-state index in [0.717, 1.165) is 36.0 Å². The second-order valence-electron chi connectivity index (χ2n) is 6.79. The molecule has 3 fully saturated rings. The highest BCUT2D eigenvalue weighted by Crippen LogP contribution is 2.42. The van der Waals surface area contributed by atoms with Crippen molar-refractivity contribution in [3.05, 3.63) is 48.7 Å². The number of nitrogens with zero attached hydrogens (tertiary/aromatic N) is 2. The molecule has 4 nitrogen and oxygen atoms in total. The zero-order chi connectivity index (χ0) is 16.0. The van der Waals surface area contributed by atoms with Gasteiger partial charge in [-0.25, -0.2) is 0 Å². The van der Waals surface area contributed by atoms with Crippen LogP contribution in [0.3, 0.4) is 0 Å². The van der Waals surface area contributed by atoms with E-state index in [1.807, 2.05) is 6.07 Å². The second-order valence-corrected chi connectivity index (χ2v) is 6.79. The van der Waals surface area contributed by atoms with Gasteiger partial charge in [0.15, 0.2) is 0 Å². The Morgan fingerprint density at radius 1 is 1.35 bits per heavy atom. The van der Waals surface area contributed by atoms with E-state index in [9.17, 15) is 10.2 Å². The van der Waals surface area contributed by atoms with Crippen molar-refractivity contribution in [1.29, 1.82) is 0 Å². The zero-order valence-corrected chi connectivity index (χ0v) is 13.1. The number of hydrogen-bond donors (Lipinski definition) is 2. The number of piperidine rings is 3. The average Bonchev–Trinajstić information content (AvgIpc) is 2.60. The van der Waals surface area contributed by atoms with Gasteiger partial charge >= 0.3 is 0 Å². The minimum absolute atomic E-state index is 0.137. The molecular weight excluding hydrogens is 288 g/mol. The lowest BCUT2D eigenvalue weighted by molar-refractivity contribution is -0.0444. The number of pyridine rings is 1. The Morgan fingerprint density at radius 2 is 2.22 bits per heavy atom. The molecule has 1 aromatic heterocycles. The molecule has 4 heteroatoms. The van der Waals surface area contributed by atoms with Gasteiger partial charge in [0.05, 0.1) is 11.6 Å². The number of aromatic hydroxyl groups is 1. The topological polar surface area (TPSA) is 56.6 Å². The number of rotatable bonds is 3. The summed E-state index contributed by atoms with van der Waals surface area (Å²) < 4.78 is 0. The van der Waals surface area contributed by atoms with Gasteiger partial charge in [0.1, 0.15) is 5.75 Å². The molecule has 2 aromatic rings. The van der Waals surface area contributed by atoms with Crippen molar-refractivity contribution in [3.8, 4) is 5.75 Å². The normalized spacial score (nSPS) is 31.2. The number of fused-ring (bicyclic) bond motifs is 4. The molecular formula is C19H22N2O2. The molecule has 0 radical (unpaired) electrons. The number of aromatic nitrogens is 1. The van der Waals surface area contributed by atoms with Crippen LogP contribution in [0.5, 0.6) is 5.75 Å². The molecule has 3 aliphatic heterocycles. The average molecular weight is 310 g/mol. The van der Waals surface area contributed by atoms with Crippen molar-refractivity contribution in [1.82, 2.24) is 9.88 Å². The fourth-order valence-corrected chi connectivity index (χ4v) is 4.33. The Hall–Kier alpha value is -1.91. The highest BCUT2D eigenvalue weighted by atomic mass is 16.3. The van der Waals surface area contributed by atoms with Crippen LogP contribution in [-0.2, 0) is 0 Å². The monoisotopic (exact) mass is 310 g/mol. The molecule has 5 rings (SSSR count). The van der Waals surface area contributed by atoms with Gasteiger partial charge in [-0.15, -0.1) is 6.58 Å². The third-order valence-corrected chi connectivity index (χ3v) is 5.60. The van der Waals surface area contributed by atoms with Gasteiger partial charge in [-0.2, -0.15) is 0 Å². The Labute approximate surface area is 136 Å². The highest BCUT2D eigenvalue weighted by molar-refractivity contribution is 5.83. The van der Waals surface area contributed by atoms with Crippen LogP contribution in [0.25, 0.3) is 10.9 Å². The molecule has 120 valence electrons. The van der Waals surface area contributed by atoms with Gasteiger partial charge < -0.3 is 10.2 Å². The summed E-state index contributed by atoms with van der Waals surface area (Å²) >= 11 is 0. The van der Waals surface area contributed by atoms with E-state index >= 15 is 0 Å². The van der Waals surface area contributed by atoms with Crippen LogP contribution in [0, 0.1) is 11.8 Å². The summed E-state index contributed by atoms with van der Waals surface area (Å²) in [6.07, 6.45) is 5.44. The first-order valence-corrected chi connectivity index (χ1v) is 8.29. The lowest BCUT2D eigenvalue weighted by atomic mass is 9.73. The lowest BCUT2D eigenvalue weighted by Crippen LogP contribution is -2.54. The van der Waals surface area contributed by atoms with Crippen LogP contribution < -0.4 is 0 Å². The van der Waals surface area contributed by atoms with E-state index in [-0.39, 0.29) is 11.8 Å². The van der Waals surface area contributed by atoms with Crippen molar-refractivity contribution in [2.75, 3.05) is 13.1 Å². The molecule has 5 atom stereocenters. The van der Waals surface area contributed by atoms with E-state index in [4.69, 9.17) is 0 Å². The van der Waals surface area contributed by atoms with E-state index in [2.05, 4.69) is 22.5 Å². The minimum Gasteiger partial charge on any atom is -0.508 e. The van der Waals surface area contributed by atoms with Crippen molar-refractivity contribution < 1.29 is 10.2 Å². The van der Waals surface area contributed by atoms with E-state index in [1.54, 1.807) is 24.4 Å². The van der Waals surface area contributed by atoms with Crippen LogP contribution in [0.15, 0.2) is 43.1 Å². The third kappa shape index (κ3) is 2.42. The Balaban J connectivity index is 1.69. The first-order valence-electron chi connectivity index (χ1n) is 8.29. The van der Waals surface area contributed by atoms with Gasteiger partial charge in [-0.3, -0.25) is 9.88 Å². The van der Waals surface area contributed by atoms with Crippen LogP contribution in [0.1, 0.15) is 24.5 Å². The number of phenolic OH excluding ortho intramolecular Hbond substituents is 1. The van der Waals surface area contributed by atoms with E-state index in [0.29, 0.717) is 11.8 Å². The summed E-state index contributed by atoms with van der Waals surface area (Å²) in [6.45, 7) is 5.99. The first kappa shape index (κ1) is 14.7. The molecule has 1 aromatic carbocycles. The lowest BCUT2D eigenvalue weighted by Gasteiger charge is -2.50. The Morgan fingerprint density at radius 3 is 2.96 bits per heavy atom. The first-order chi connectivity index (χ1) is 11.2. The SMILES string of the molecule is C=CC1CN2CCC1CC2[C@H](O)c1ccnc2ccc(O)cc12. The van der Waals surface area contributed by atoms with Crippen LogP contribution in [0.4, 0.5) is 0 Å². The summed E-state index contributed by atoms with van der Waals surface area (Å²) in [6, 6.07) is 7.14. The fourth-order valence-electron chi connectivity index (χ4n) is 4.33. The summed E-state index contributed by atoms with van der Waals surface area (Å²) in [7, 11) is 0. The maximum Gasteiger partial charge on any atom is 0.116 e. The van der Waals surface area contributed by atoms with Crippen LogP contribution in [0.2, 0.25) is 0 Å². The molecule has 0 amide bonds. The van der Waals surface area contributed by atoms with E-state index < -0.39 is 6.10 Å². The number of phenols is 1. The summed E-state index contributed by atoms with van der Waals surface area (Å²) in [4.78, 5) is 6.73. The van der Waals surface area contributed by atoms with Gasteiger partial charge in [-0.05, 0) is 61.1 Å². The molecule has 2 N–H and O–H groups in total. The quantitative estimate of drug-likeness (QED) is 0.856. The fraction of sp³-hybridized carbons (Fsp3) is 0.421. The minimum atomic E-state index is -0.559. The van der Waals surface area contributed by atoms with Gasteiger partial charge in [0.25, 0.3) is 0 Å². The molecule has 3 aliphatic rings. The highest BCUT2D eigenvalue weighted by Gasteiger charge is 2.42. The van der Waals surface area contributed by atoms with Crippen molar-refractivity contribution in [2.24, 2.45) is 11.8 Å². The van der Waals surface area contributed by atoms with Crippen molar-refractivity contribution in [3.63, 3.8) is 0 Å². The zero-order valence-electron chi connectivity index (χ0n) is 13.1. The molecule has 0 spiro atoms. The van der Waals surface area contributed by atoms with Crippen LogP contribution in [-0.4, -0.2) is 39.2 Å². The van der Waals surface area contributed by atoms with E-state index in [1.165, 1.54) is 6.42 Å². The summed E-state index contributed by atoms with van der Waals surface area (Å²) in [5, 5.41) is 21.7. The number of hydrogen-bond acceptors (Lipinski definition) is 4. The number of aliphatic hydroxyl groups excluding tert-OH is 1. The largest absolute Gasteiger partial charge is 0.508 e. The van der Waals surface area contributed by atoms with Crippen molar-refractivity contribution in [2.45, 2.75) is 25.0 Å². The van der Waals surface area contributed by atoms with Gasteiger partial charge in [-0.1, -0.05) is 6.08 Å². The summed E-state index contributed by atoms with van der Waals surface area (Å²) in [5.41, 5.74) is 1.66. The molecule has 4 heterocycles. The Kier molecular flexibility index (Phi) is 3.58. The molecule has 3 saturated heterocycles. The maximum absolute atomic E-state index is 11.0. The Bertz CT molecular complexity index is 745. The second kappa shape index (κ2) is 5.62.